The van der Waals surface area contributed by atoms with E-state index in [-0.39, 0.29) is 24.4 Å². The summed E-state index contributed by atoms with van der Waals surface area (Å²) in [5.74, 6) is -0.216. The second kappa shape index (κ2) is 9.19. The number of halogens is 3. The van der Waals surface area contributed by atoms with E-state index < -0.39 is 12.7 Å². The molecule has 2 N–H and O–H groups in total. The molecule has 0 aliphatic carbocycles. The molecular weight excluding hydrogens is 481 g/mol. The molecule has 7 nitrogen and oxygen atoms in total. The number of anilines is 1. The number of alkyl halides is 3. The van der Waals surface area contributed by atoms with E-state index in [2.05, 4.69) is 20.5 Å². The summed E-state index contributed by atoms with van der Waals surface area (Å²) < 4.78 is 39.5. The molecule has 2 aliphatic rings. The van der Waals surface area contributed by atoms with Crippen molar-refractivity contribution in [1.82, 2.24) is 25.0 Å². The average molecular weight is 507 g/mol. The van der Waals surface area contributed by atoms with Gasteiger partial charge in [0.1, 0.15) is 5.69 Å². The number of fused-ring (bicyclic) bond motifs is 2. The second-order valence-corrected chi connectivity index (χ2v) is 9.77. The van der Waals surface area contributed by atoms with Gasteiger partial charge in [-0.05, 0) is 41.3 Å². The van der Waals surface area contributed by atoms with Crippen LogP contribution in [0.1, 0.15) is 17.0 Å². The van der Waals surface area contributed by atoms with Crippen LogP contribution in [0, 0.1) is 5.92 Å². The van der Waals surface area contributed by atoms with Crippen molar-refractivity contribution in [1.29, 1.82) is 0 Å². The molecule has 2 atom stereocenters. The molecule has 10 heteroatoms. The fraction of sp³-hybridized carbons (Fsp3) is 0.296. The molecule has 4 heterocycles. The summed E-state index contributed by atoms with van der Waals surface area (Å²) >= 11 is 0. The molecule has 1 fully saturated rings. The Morgan fingerprint density at radius 3 is 2.65 bits per heavy atom. The van der Waals surface area contributed by atoms with Gasteiger partial charge in [-0.15, -0.1) is 0 Å². The first-order valence-electron chi connectivity index (χ1n) is 12.2. The van der Waals surface area contributed by atoms with Crippen LogP contribution in [0.15, 0.2) is 67.0 Å². The lowest BCUT2D eigenvalue weighted by Crippen LogP contribution is -2.42. The predicted octanol–water partition coefficient (Wildman–Crippen LogP) is 5.25. The molecule has 0 spiro atoms. The molecule has 4 aromatic rings. The first-order chi connectivity index (χ1) is 17.8. The Hall–Kier alpha value is -3.92. The van der Waals surface area contributed by atoms with Crippen molar-refractivity contribution >= 4 is 22.6 Å². The lowest BCUT2D eigenvalue weighted by Gasteiger charge is -2.33. The summed E-state index contributed by atoms with van der Waals surface area (Å²) in [6.45, 7) is 0.369. The maximum atomic E-state index is 13.2. The number of carbonyl (C=O) groups excluding carboxylic acids is 1. The molecule has 2 aliphatic heterocycles. The van der Waals surface area contributed by atoms with Crippen LogP contribution in [0.3, 0.4) is 0 Å². The minimum Gasteiger partial charge on any atom is -0.320 e. The summed E-state index contributed by atoms with van der Waals surface area (Å²) in [4.78, 5) is 20.4. The normalized spacial score (nSPS) is 20.3. The van der Waals surface area contributed by atoms with Gasteiger partial charge in [0.2, 0.25) is 0 Å². The third-order valence-corrected chi connectivity index (χ3v) is 7.21. The highest BCUT2D eigenvalue weighted by molar-refractivity contribution is 6.00. The molecule has 1 saturated heterocycles. The third kappa shape index (κ3) is 4.76. The number of hydrogen-bond acceptors (Lipinski definition) is 4. The van der Waals surface area contributed by atoms with E-state index in [0.717, 1.165) is 33.3 Å². The van der Waals surface area contributed by atoms with Crippen LogP contribution >= 0.6 is 0 Å². The Morgan fingerprint density at radius 1 is 1.05 bits per heavy atom. The average Bonchev–Trinajstić information content (AvgIpc) is 3.46. The summed E-state index contributed by atoms with van der Waals surface area (Å²) in [6, 6.07) is 17.0. The zero-order valence-electron chi connectivity index (χ0n) is 19.9. The van der Waals surface area contributed by atoms with Crippen molar-refractivity contribution in [3.63, 3.8) is 0 Å². The number of likely N-dealkylation sites (tertiary alicyclic amines) is 1. The molecule has 190 valence electrons. The van der Waals surface area contributed by atoms with Gasteiger partial charge in [0.25, 0.3) is 0 Å². The van der Waals surface area contributed by atoms with Crippen LogP contribution in [0.2, 0.25) is 0 Å². The number of aromatic amines is 1. The van der Waals surface area contributed by atoms with E-state index >= 15 is 0 Å². The minimum atomic E-state index is -4.26. The maximum Gasteiger partial charge on any atom is 0.401 e. The van der Waals surface area contributed by atoms with E-state index in [1.54, 1.807) is 17.3 Å². The highest BCUT2D eigenvalue weighted by Crippen LogP contribution is 2.37. The Morgan fingerprint density at radius 2 is 1.89 bits per heavy atom. The lowest BCUT2D eigenvalue weighted by molar-refractivity contribution is -0.143. The number of nitrogens with one attached hydrogen (secondary N) is 2. The van der Waals surface area contributed by atoms with Crippen molar-refractivity contribution in [2.75, 3.05) is 31.5 Å². The van der Waals surface area contributed by atoms with Gasteiger partial charge in [-0.25, -0.2) is 4.79 Å². The van der Waals surface area contributed by atoms with Crippen LogP contribution in [0.4, 0.5) is 23.7 Å². The number of amides is 2. The molecule has 0 unspecified atom stereocenters. The number of pyridine rings is 1. The van der Waals surface area contributed by atoms with Gasteiger partial charge >= 0.3 is 12.2 Å². The molecule has 6 rings (SSSR count). The summed E-state index contributed by atoms with van der Waals surface area (Å²) in [6.07, 6.45) is -0.811. The van der Waals surface area contributed by atoms with Crippen LogP contribution in [-0.2, 0) is 6.54 Å². The first kappa shape index (κ1) is 23.5. The molecule has 0 saturated carbocycles. The maximum absolute atomic E-state index is 13.2. The smallest absolute Gasteiger partial charge is 0.320 e. The zero-order valence-corrected chi connectivity index (χ0v) is 19.9. The minimum absolute atomic E-state index is 0.0914. The SMILES string of the molecule is O=C1Nc2cc3[nH]nc(-c4cccnc4)c3cc2CN1C[C@@H]1CN(CC(F)(F)F)C[C@H]1c1ccccc1. The molecule has 0 radical (unpaired) electrons. The van der Waals surface area contributed by atoms with Gasteiger partial charge in [-0.3, -0.25) is 15.0 Å². The Bertz CT molecular complexity index is 1420. The highest BCUT2D eigenvalue weighted by Gasteiger charge is 2.41. The topological polar surface area (TPSA) is 77.1 Å². The second-order valence-electron chi connectivity index (χ2n) is 9.77. The molecule has 2 amide bonds. The number of H-pyrrole nitrogens is 1. The van der Waals surface area contributed by atoms with Crippen molar-refractivity contribution < 1.29 is 18.0 Å². The summed E-state index contributed by atoms with van der Waals surface area (Å²) in [5, 5.41) is 11.4. The fourth-order valence-corrected chi connectivity index (χ4v) is 5.59. The van der Waals surface area contributed by atoms with Crippen molar-refractivity contribution in [3.8, 4) is 11.3 Å². The number of nitrogens with zero attached hydrogens (tertiary/aromatic N) is 4. The number of urea groups is 1. The van der Waals surface area contributed by atoms with E-state index in [1.165, 1.54) is 4.90 Å². The number of carbonyl (C=O) groups is 1. The quantitative estimate of drug-likeness (QED) is 0.388. The Balaban J connectivity index is 1.27. The Kier molecular flexibility index (Phi) is 5.83. The third-order valence-electron chi connectivity index (χ3n) is 7.21. The van der Waals surface area contributed by atoms with E-state index in [0.29, 0.717) is 25.3 Å². The van der Waals surface area contributed by atoms with Crippen LogP contribution in [0.5, 0.6) is 0 Å². The van der Waals surface area contributed by atoms with Gasteiger partial charge in [-0.2, -0.15) is 18.3 Å². The Labute approximate surface area is 211 Å². The zero-order chi connectivity index (χ0) is 25.6. The molecule has 2 aromatic carbocycles. The van der Waals surface area contributed by atoms with Crippen LogP contribution in [0.25, 0.3) is 22.2 Å². The molecule has 2 aromatic heterocycles. The summed E-state index contributed by atoms with van der Waals surface area (Å²) in [5.41, 5.74) is 5.09. The van der Waals surface area contributed by atoms with Crippen molar-refractivity contribution in [2.24, 2.45) is 5.92 Å². The van der Waals surface area contributed by atoms with Gasteiger partial charge < -0.3 is 10.2 Å². The number of benzene rings is 2. The van der Waals surface area contributed by atoms with Gasteiger partial charge in [-0.1, -0.05) is 30.3 Å². The van der Waals surface area contributed by atoms with Gasteiger partial charge in [0.15, 0.2) is 0 Å². The fourth-order valence-electron chi connectivity index (χ4n) is 5.59. The van der Waals surface area contributed by atoms with E-state index in [9.17, 15) is 18.0 Å². The van der Waals surface area contributed by atoms with E-state index in [4.69, 9.17) is 0 Å². The van der Waals surface area contributed by atoms with Crippen LogP contribution < -0.4 is 5.32 Å². The standard InChI is InChI=1S/C27H25F3N6O/c28-27(29,30)16-35-12-20(22(15-35)17-5-2-1-3-6-17)14-36-13-19-9-21-24(10-23(19)32-26(36)37)33-34-25(21)18-7-4-8-31-11-18/h1-11,20,22H,12-16H2,(H,32,37)(H,33,34)/t20-,22-/m0/s1. The van der Waals surface area contributed by atoms with Crippen molar-refractivity contribution in [3.05, 3.63) is 78.1 Å². The monoisotopic (exact) mass is 506 g/mol. The predicted molar refractivity (Wildman–Crippen MR) is 134 cm³/mol. The van der Waals surface area contributed by atoms with E-state index in [1.807, 2.05) is 54.6 Å². The number of hydrogen-bond donors (Lipinski definition) is 2. The molecule has 0 bridgehead atoms. The largest absolute Gasteiger partial charge is 0.401 e. The first-order valence-corrected chi connectivity index (χ1v) is 12.2. The highest BCUT2D eigenvalue weighted by atomic mass is 19.4. The molecular formula is C27H25F3N6O. The van der Waals surface area contributed by atoms with Gasteiger partial charge in [0.05, 0.1) is 12.1 Å². The molecule has 37 heavy (non-hydrogen) atoms. The van der Waals surface area contributed by atoms with Gasteiger partial charge in [0, 0.05) is 61.1 Å². The number of rotatable bonds is 5. The lowest BCUT2D eigenvalue weighted by atomic mass is 9.88. The van der Waals surface area contributed by atoms with Crippen LogP contribution in [-0.4, -0.2) is 63.4 Å². The summed E-state index contributed by atoms with van der Waals surface area (Å²) in [7, 11) is 0. The van der Waals surface area contributed by atoms with Crippen molar-refractivity contribution in [2.45, 2.75) is 18.6 Å². The number of aromatic nitrogens is 3.